The van der Waals surface area contributed by atoms with Gasteiger partial charge >= 0.3 is 5.97 Å². The number of carbonyl (C=O) groups is 2. The van der Waals surface area contributed by atoms with E-state index < -0.39 is 5.97 Å². The number of hydrogen-bond donors (Lipinski definition) is 1. The van der Waals surface area contributed by atoms with Crippen LogP contribution in [0.2, 0.25) is 0 Å². The molecule has 1 fully saturated rings. The molecule has 2 rings (SSSR count). The van der Waals surface area contributed by atoms with E-state index in [1.807, 2.05) is 12.1 Å². The van der Waals surface area contributed by atoms with Gasteiger partial charge in [-0.25, -0.2) is 0 Å². The average molecular weight is 307 g/mol. The largest absolute Gasteiger partial charge is 0.497 e. The van der Waals surface area contributed by atoms with Gasteiger partial charge in [0.05, 0.1) is 26.1 Å². The van der Waals surface area contributed by atoms with Gasteiger partial charge < -0.3 is 19.5 Å². The molecule has 1 N–H and O–H groups in total. The monoisotopic (exact) mass is 307 g/mol. The molecule has 0 radical (unpaired) electrons. The zero-order valence-corrected chi connectivity index (χ0v) is 12.8. The summed E-state index contributed by atoms with van der Waals surface area (Å²) in [5.41, 5.74) is 0.876. The third-order valence-electron chi connectivity index (χ3n) is 3.95. The lowest BCUT2D eigenvalue weighted by molar-refractivity contribution is -0.139. The van der Waals surface area contributed by atoms with Crippen molar-refractivity contribution in [3.05, 3.63) is 29.8 Å². The van der Waals surface area contributed by atoms with Gasteiger partial charge in [0, 0.05) is 19.7 Å². The molecule has 0 bridgehead atoms. The Balaban J connectivity index is 2.03. The number of aliphatic carboxylic acids is 1. The molecule has 6 heteroatoms. The van der Waals surface area contributed by atoms with E-state index in [1.54, 1.807) is 31.3 Å². The van der Waals surface area contributed by atoms with E-state index in [-0.39, 0.29) is 30.9 Å². The lowest BCUT2D eigenvalue weighted by Crippen LogP contribution is -2.38. The summed E-state index contributed by atoms with van der Waals surface area (Å²) in [5, 5.41) is 8.99. The molecule has 0 spiro atoms. The van der Waals surface area contributed by atoms with Crippen LogP contribution in [0.15, 0.2) is 24.3 Å². The Labute approximate surface area is 129 Å². The summed E-state index contributed by atoms with van der Waals surface area (Å²) < 4.78 is 10.4. The van der Waals surface area contributed by atoms with E-state index in [4.69, 9.17) is 14.6 Å². The summed E-state index contributed by atoms with van der Waals surface area (Å²) in [6.07, 6.45) is 0.672. The average Bonchev–Trinajstić information content (AvgIpc) is 2.90. The van der Waals surface area contributed by atoms with Gasteiger partial charge in [-0.05, 0) is 24.1 Å². The standard InChI is InChI=1S/C16H21NO5/c1-21-13-5-3-11(4-6-13)7-15(18)17-10-14(22-2)8-12(17)9-16(19)20/h3-6,12,14H,7-10H2,1-2H3,(H,19,20). The topological polar surface area (TPSA) is 76.1 Å². The minimum Gasteiger partial charge on any atom is -0.497 e. The summed E-state index contributed by atoms with van der Waals surface area (Å²) in [6, 6.07) is 6.99. The van der Waals surface area contributed by atoms with Crippen LogP contribution in [-0.4, -0.2) is 54.8 Å². The highest BCUT2D eigenvalue weighted by Gasteiger charge is 2.36. The van der Waals surface area contributed by atoms with Crippen molar-refractivity contribution in [1.29, 1.82) is 0 Å². The number of likely N-dealkylation sites (tertiary alicyclic amines) is 1. The number of amides is 1. The molecule has 1 aromatic carbocycles. The molecule has 0 aromatic heterocycles. The third-order valence-corrected chi connectivity index (χ3v) is 3.95. The first kappa shape index (κ1) is 16.3. The van der Waals surface area contributed by atoms with Gasteiger partial charge in [0.25, 0.3) is 0 Å². The van der Waals surface area contributed by atoms with Crippen LogP contribution in [0.3, 0.4) is 0 Å². The van der Waals surface area contributed by atoms with Crippen molar-refractivity contribution in [2.24, 2.45) is 0 Å². The van der Waals surface area contributed by atoms with E-state index in [1.165, 1.54) is 0 Å². The summed E-state index contributed by atoms with van der Waals surface area (Å²) in [6.45, 7) is 0.448. The van der Waals surface area contributed by atoms with Crippen molar-refractivity contribution < 1.29 is 24.2 Å². The van der Waals surface area contributed by atoms with Gasteiger partial charge in [-0.15, -0.1) is 0 Å². The molecule has 6 nitrogen and oxygen atoms in total. The van der Waals surface area contributed by atoms with Crippen LogP contribution in [0.4, 0.5) is 0 Å². The number of carboxylic acid groups (broad SMARTS) is 1. The predicted octanol–water partition coefficient (Wildman–Crippen LogP) is 1.33. The molecule has 22 heavy (non-hydrogen) atoms. The molecule has 120 valence electrons. The van der Waals surface area contributed by atoms with E-state index in [2.05, 4.69) is 0 Å². The van der Waals surface area contributed by atoms with Crippen molar-refractivity contribution in [3.8, 4) is 5.75 Å². The normalized spacial score (nSPS) is 20.9. The Bertz CT molecular complexity index is 528. The second-order valence-electron chi connectivity index (χ2n) is 5.42. The van der Waals surface area contributed by atoms with E-state index in [0.717, 1.165) is 11.3 Å². The number of hydrogen-bond acceptors (Lipinski definition) is 4. The Kier molecular flexibility index (Phi) is 5.38. The summed E-state index contributed by atoms with van der Waals surface area (Å²) in [5.74, 6) is -0.236. The fraction of sp³-hybridized carbons (Fsp3) is 0.500. The van der Waals surface area contributed by atoms with Crippen LogP contribution in [0.25, 0.3) is 0 Å². The summed E-state index contributed by atoms with van der Waals surface area (Å²) in [7, 11) is 3.17. The smallest absolute Gasteiger partial charge is 0.305 e. The minimum absolute atomic E-state index is 0.0474. The summed E-state index contributed by atoms with van der Waals surface area (Å²) >= 11 is 0. The second kappa shape index (κ2) is 7.26. The molecule has 1 heterocycles. The number of nitrogens with zero attached hydrogens (tertiary/aromatic N) is 1. The van der Waals surface area contributed by atoms with Crippen molar-refractivity contribution in [2.45, 2.75) is 31.4 Å². The van der Waals surface area contributed by atoms with Crippen LogP contribution in [0.1, 0.15) is 18.4 Å². The highest BCUT2D eigenvalue weighted by Crippen LogP contribution is 2.24. The number of rotatable bonds is 6. The number of carbonyl (C=O) groups excluding carboxylic acids is 1. The van der Waals surface area contributed by atoms with E-state index in [9.17, 15) is 9.59 Å². The Morgan fingerprint density at radius 2 is 1.95 bits per heavy atom. The fourth-order valence-corrected chi connectivity index (χ4v) is 2.76. The van der Waals surface area contributed by atoms with Crippen molar-refractivity contribution in [2.75, 3.05) is 20.8 Å². The molecule has 0 aliphatic carbocycles. The van der Waals surface area contributed by atoms with Crippen molar-refractivity contribution in [3.63, 3.8) is 0 Å². The van der Waals surface area contributed by atoms with Gasteiger partial charge in [-0.3, -0.25) is 9.59 Å². The highest BCUT2D eigenvalue weighted by molar-refractivity contribution is 5.80. The molecular weight excluding hydrogens is 286 g/mol. The van der Waals surface area contributed by atoms with Crippen molar-refractivity contribution in [1.82, 2.24) is 4.90 Å². The van der Waals surface area contributed by atoms with Gasteiger partial charge in [0.2, 0.25) is 5.91 Å². The van der Waals surface area contributed by atoms with Gasteiger partial charge in [0.1, 0.15) is 5.75 Å². The number of carboxylic acids is 1. The quantitative estimate of drug-likeness (QED) is 0.858. The van der Waals surface area contributed by atoms with Crippen LogP contribution >= 0.6 is 0 Å². The fourth-order valence-electron chi connectivity index (χ4n) is 2.76. The molecule has 2 unspecified atom stereocenters. The molecule has 0 saturated carbocycles. The van der Waals surface area contributed by atoms with Crippen LogP contribution < -0.4 is 4.74 Å². The lowest BCUT2D eigenvalue weighted by atomic mass is 10.1. The zero-order valence-electron chi connectivity index (χ0n) is 12.8. The molecule has 2 atom stereocenters. The van der Waals surface area contributed by atoms with Crippen LogP contribution in [0.5, 0.6) is 5.75 Å². The first-order chi connectivity index (χ1) is 10.5. The molecule has 1 aliphatic rings. The highest BCUT2D eigenvalue weighted by atomic mass is 16.5. The number of ether oxygens (including phenoxy) is 2. The Morgan fingerprint density at radius 3 is 2.50 bits per heavy atom. The molecule has 1 saturated heterocycles. The Hall–Kier alpha value is -2.08. The van der Waals surface area contributed by atoms with E-state index >= 15 is 0 Å². The molecule has 1 aromatic rings. The van der Waals surface area contributed by atoms with E-state index in [0.29, 0.717) is 13.0 Å². The minimum atomic E-state index is -0.899. The SMILES string of the molecule is COc1ccc(CC(=O)N2CC(OC)CC2CC(=O)O)cc1. The number of methoxy groups -OCH3 is 2. The van der Waals surface area contributed by atoms with Gasteiger partial charge in [0.15, 0.2) is 0 Å². The van der Waals surface area contributed by atoms with Crippen LogP contribution in [0, 0.1) is 0 Å². The zero-order chi connectivity index (χ0) is 16.1. The van der Waals surface area contributed by atoms with Crippen LogP contribution in [-0.2, 0) is 20.7 Å². The maximum Gasteiger partial charge on any atom is 0.305 e. The first-order valence-electron chi connectivity index (χ1n) is 7.20. The molecule has 1 aliphatic heterocycles. The van der Waals surface area contributed by atoms with Crippen molar-refractivity contribution >= 4 is 11.9 Å². The third kappa shape index (κ3) is 3.98. The molecular formula is C16H21NO5. The maximum atomic E-state index is 12.5. The molecule has 1 amide bonds. The first-order valence-corrected chi connectivity index (χ1v) is 7.20. The predicted molar refractivity (Wildman–Crippen MR) is 79.9 cm³/mol. The van der Waals surface area contributed by atoms with Gasteiger partial charge in [-0.1, -0.05) is 12.1 Å². The van der Waals surface area contributed by atoms with Gasteiger partial charge in [-0.2, -0.15) is 0 Å². The summed E-state index contributed by atoms with van der Waals surface area (Å²) in [4.78, 5) is 25.1. The Morgan fingerprint density at radius 1 is 1.27 bits per heavy atom. The lowest BCUT2D eigenvalue weighted by Gasteiger charge is -2.23. The number of benzene rings is 1. The second-order valence-corrected chi connectivity index (χ2v) is 5.42. The maximum absolute atomic E-state index is 12.5.